The average molecular weight is 464 g/mol. The van der Waals surface area contributed by atoms with Crippen LogP contribution >= 0.6 is 45.2 Å². The van der Waals surface area contributed by atoms with Crippen LogP contribution in [0.25, 0.3) is 0 Å². The van der Waals surface area contributed by atoms with E-state index >= 15 is 0 Å². The van der Waals surface area contributed by atoms with Crippen molar-refractivity contribution in [2.45, 2.75) is 13.3 Å². The summed E-state index contributed by atoms with van der Waals surface area (Å²) in [5, 5.41) is 0. The van der Waals surface area contributed by atoms with Gasteiger partial charge < -0.3 is 4.74 Å². The lowest BCUT2D eigenvalue weighted by Crippen LogP contribution is -1.94. The third-order valence-corrected chi connectivity index (χ3v) is 4.36. The summed E-state index contributed by atoms with van der Waals surface area (Å²) in [6.07, 6.45) is 0.974. The van der Waals surface area contributed by atoms with E-state index in [0.29, 0.717) is 6.61 Å². The van der Waals surface area contributed by atoms with E-state index in [9.17, 15) is 0 Å². The van der Waals surface area contributed by atoms with E-state index in [2.05, 4.69) is 75.5 Å². The predicted molar refractivity (Wildman–Crippen MR) is 92.3 cm³/mol. The predicted octanol–water partition coefficient (Wildman–Crippen LogP) is 4.89. The van der Waals surface area contributed by atoms with E-state index in [-0.39, 0.29) is 0 Å². The van der Waals surface area contributed by atoms with Crippen molar-refractivity contribution in [1.82, 2.24) is 0 Å². The van der Waals surface area contributed by atoms with Gasteiger partial charge in [-0.3, -0.25) is 0 Å². The van der Waals surface area contributed by atoms with Crippen LogP contribution in [0.4, 0.5) is 0 Å². The fraction of sp³-hybridized carbons (Fsp3) is 0.200. The number of ether oxygens (including phenoxy) is 1. The molecule has 0 radical (unpaired) electrons. The second-order valence-electron chi connectivity index (χ2n) is 3.99. The number of hydrogen-bond donors (Lipinski definition) is 0. The van der Waals surface area contributed by atoms with Gasteiger partial charge in [-0.1, -0.05) is 12.1 Å². The highest BCUT2D eigenvalue weighted by atomic mass is 127. The fourth-order valence-electron chi connectivity index (χ4n) is 1.77. The average Bonchev–Trinajstić information content (AvgIpc) is 2.37. The lowest BCUT2D eigenvalue weighted by molar-refractivity contribution is 0.340. The molecular formula is C15H14I2O. The highest BCUT2D eigenvalue weighted by Crippen LogP contribution is 2.20. The maximum Gasteiger partial charge on any atom is 0.119 e. The van der Waals surface area contributed by atoms with E-state index < -0.39 is 0 Å². The first-order valence-electron chi connectivity index (χ1n) is 5.84. The molecule has 0 aromatic heterocycles. The van der Waals surface area contributed by atoms with Crippen LogP contribution in [0, 0.1) is 7.14 Å². The van der Waals surface area contributed by atoms with Gasteiger partial charge in [-0.2, -0.15) is 0 Å². The molecule has 2 rings (SSSR count). The molecule has 0 aliphatic heterocycles. The van der Waals surface area contributed by atoms with Crippen LogP contribution in [0.3, 0.4) is 0 Å². The second-order valence-corrected chi connectivity index (χ2v) is 6.40. The summed E-state index contributed by atoms with van der Waals surface area (Å²) >= 11 is 4.75. The Kier molecular flexibility index (Phi) is 5.29. The van der Waals surface area contributed by atoms with Crippen molar-refractivity contribution in [3.8, 4) is 5.75 Å². The minimum atomic E-state index is 0.716. The molecule has 0 saturated heterocycles. The standard InChI is InChI=1S/C15H14I2O/c1-2-18-14-6-3-11(4-7-14)9-12-10-13(16)5-8-15(12)17/h3-8,10H,2,9H2,1H3. The molecule has 0 heterocycles. The molecule has 18 heavy (non-hydrogen) atoms. The molecule has 2 aromatic rings. The molecule has 0 bridgehead atoms. The number of halogens is 2. The maximum atomic E-state index is 5.45. The summed E-state index contributed by atoms with van der Waals surface area (Å²) in [5.41, 5.74) is 2.70. The Morgan fingerprint density at radius 1 is 1.00 bits per heavy atom. The highest BCUT2D eigenvalue weighted by molar-refractivity contribution is 14.1. The molecule has 0 aliphatic rings. The second kappa shape index (κ2) is 6.75. The Labute approximate surface area is 135 Å². The SMILES string of the molecule is CCOc1ccc(Cc2cc(I)ccc2I)cc1. The van der Waals surface area contributed by atoms with Gasteiger partial charge in [-0.05, 0) is 100.0 Å². The topological polar surface area (TPSA) is 9.23 Å². The summed E-state index contributed by atoms with van der Waals surface area (Å²) in [7, 11) is 0. The third kappa shape index (κ3) is 3.85. The monoisotopic (exact) mass is 464 g/mol. The smallest absolute Gasteiger partial charge is 0.119 e. The molecule has 1 nitrogen and oxygen atoms in total. The molecule has 3 heteroatoms. The van der Waals surface area contributed by atoms with Crippen molar-refractivity contribution in [1.29, 1.82) is 0 Å². The lowest BCUT2D eigenvalue weighted by atomic mass is 10.1. The fourth-order valence-corrected chi connectivity index (χ4v) is 2.85. The van der Waals surface area contributed by atoms with Crippen molar-refractivity contribution < 1.29 is 4.74 Å². The van der Waals surface area contributed by atoms with Crippen LogP contribution in [-0.2, 0) is 6.42 Å². The molecular weight excluding hydrogens is 450 g/mol. The van der Waals surface area contributed by atoms with Gasteiger partial charge in [0.15, 0.2) is 0 Å². The zero-order valence-corrected chi connectivity index (χ0v) is 14.4. The van der Waals surface area contributed by atoms with Crippen molar-refractivity contribution in [3.63, 3.8) is 0 Å². The number of benzene rings is 2. The first kappa shape index (κ1) is 14.1. The number of rotatable bonds is 4. The van der Waals surface area contributed by atoms with Crippen molar-refractivity contribution in [3.05, 3.63) is 60.7 Å². The van der Waals surface area contributed by atoms with Crippen LogP contribution in [0.2, 0.25) is 0 Å². The maximum absolute atomic E-state index is 5.45. The first-order valence-corrected chi connectivity index (χ1v) is 8.00. The van der Waals surface area contributed by atoms with Gasteiger partial charge in [-0.25, -0.2) is 0 Å². The van der Waals surface area contributed by atoms with Crippen molar-refractivity contribution in [2.24, 2.45) is 0 Å². The van der Waals surface area contributed by atoms with Crippen molar-refractivity contribution in [2.75, 3.05) is 6.61 Å². The highest BCUT2D eigenvalue weighted by Gasteiger charge is 2.02. The minimum Gasteiger partial charge on any atom is -0.494 e. The molecule has 0 unspecified atom stereocenters. The third-order valence-electron chi connectivity index (χ3n) is 2.64. The summed E-state index contributed by atoms with van der Waals surface area (Å²) in [5.74, 6) is 0.943. The van der Waals surface area contributed by atoms with E-state index in [0.717, 1.165) is 12.2 Å². The normalized spacial score (nSPS) is 10.4. The van der Waals surface area contributed by atoms with Crippen molar-refractivity contribution >= 4 is 45.2 Å². The van der Waals surface area contributed by atoms with Gasteiger partial charge in [0, 0.05) is 7.14 Å². The quantitative estimate of drug-likeness (QED) is 0.587. The molecule has 0 atom stereocenters. The van der Waals surface area contributed by atoms with Crippen LogP contribution in [0.1, 0.15) is 18.1 Å². The molecule has 0 saturated carbocycles. The molecule has 0 N–H and O–H groups in total. The lowest BCUT2D eigenvalue weighted by Gasteiger charge is -2.07. The molecule has 0 amide bonds. The minimum absolute atomic E-state index is 0.716. The van der Waals surface area contributed by atoms with Gasteiger partial charge >= 0.3 is 0 Å². The molecule has 94 valence electrons. The first-order chi connectivity index (χ1) is 8.69. The largest absolute Gasteiger partial charge is 0.494 e. The van der Waals surface area contributed by atoms with Gasteiger partial charge in [0.25, 0.3) is 0 Å². The van der Waals surface area contributed by atoms with Gasteiger partial charge in [0.05, 0.1) is 6.61 Å². The van der Waals surface area contributed by atoms with E-state index in [1.165, 1.54) is 18.3 Å². The summed E-state index contributed by atoms with van der Waals surface area (Å²) < 4.78 is 8.06. The molecule has 0 fully saturated rings. The molecule has 0 spiro atoms. The van der Waals surface area contributed by atoms with Crippen LogP contribution in [0.15, 0.2) is 42.5 Å². The summed E-state index contributed by atoms with van der Waals surface area (Å²) in [6, 6.07) is 14.9. The van der Waals surface area contributed by atoms with E-state index in [4.69, 9.17) is 4.74 Å². The van der Waals surface area contributed by atoms with Gasteiger partial charge in [-0.15, -0.1) is 0 Å². The van der Waals surface area contributed by atoms with Gasteiger partial charge in [0.2, 0.25) is 0 Å². The Morgan fingerprint density at radius 3 is 2.39 bits per heavy atom. The van der Waals surface area contributed by atoms with E-state index in [1.54, 1.807) is 0 Å². The summed E-state index contributed by atoms with van der Waals surface area (Å²) in [6.45, 7) is 2.72. The Morgan fingerprint density at radius 2 is 1.72 bits per heavy atom. The van der Waals surface area contributed by atoms with E-state index in [1.807, 2.05) is 19.1 Å². The summed E-state index contributed by atoms with van der Waals surface area (Å²) in [4.78, 5) is 0. The molecule has 0 aliphatic carbocycles. The Balaban J connectivity index is 2.15. The van der Waals surface area contributed by atoms with Crippen LogP contribution in [0.5, 0.6) is 5.75 Å². The van der Waals surface area contributed by atoms with Crippen LogP contribution < -0.4 is 4.74 Å². The zero-order chi connectivity index (χ0) is 13.0. The Hall–Kier alpha value is -0.300. The van der Waals surface area contributed by atoms with Gasteiger partial charge in [0.1, 0.15) is 5.75 Å². The molecule has 2 aromatic carbocycles. The Bertz CT molecular complexity index is 521. The number of hydrogen-bond acceptors (Lipinski definition) is 1. The zero-order valence-electron chi connectivity index (χ0n) is 10.1. The van der Waals surface area contributed by atoms with Crippen LogP contribution in [-0.4, -0.2) is 6.61 Å².